The van der Waals surface area contributed by atoms with Crippen LogP contribution in [0.1, 0.15) is 30.0 Å². The lowest BCUT2D eigenvalue weighted by molar-refractivity contribution is -0.0756. The molecule has 1 fully saturated rings. The van der Waals surface area contributed by atoms with Gasteiger partial charge in [-0.05, 0) is 52.4 Å². The second-order valence-electron chi connectivity index (χ2n) is 8.62. The van der Waals surface area contributed by atoms with Crippen molar-refractivity contribution >= 4 is 8.03 Å². The number of hydrogen-bond donors (Lipinski definition) is 0. The normalized spacial score (nSPS) is 20.5. The summed E-state index contributed by atoms with van der Waals surface area (Å²) in [4.78, 5) is 0. The molecule has 0 saturated carbocycles. The van der Waals surface area contributed by atoms with Crippen molar-refractivity contribution in [3.63, 3.8) is 0 Å². The Balaban J connectivity index is 1.81. The van der Waals surface area contributed by atoms with E-state index in [1.807, 2.05) is 73.7 Å². The maximum Gasteiger partial charge on any atom is 0.505 e. The summed E-state index contributed by atoms with van der Waals surface area (Å²) in [6, 6.07) is 25.9. The first-order valence-corrected chi connectivity index (χ1v) is 13.3. The van der Waals surface area contributed by atoms with E-state index in [1.165, 1.54) is 0 Å². The highest BCUT2D eigenvalue weighted by molar-refractivity contribution is 7.38. The monoisotopic (exact) mass is 495 g/mol. The van der Waals surface area contributed by atoms with Crippen LogP contribution < -0.4 is 9.47 Å². The number of benzene rings is 3. The molecule has 0 amide bonds. The van der Waals surface area contributed by atoms with Gasteiger partial charge in [0, 0.05) is 6.42 Å². The smallest absolute Gasteiger partial charge is 0.497 e. The van der Waals surface area contributed by atoms with E-state index in [2.05, 4.69) is 12.1 Å². The maximum absolute atomic E-state index is 11.8. The van der Waals surface area contributed by atoms with Crippen molar-refractivity contribution in [3.05, 3.63) is 95.6 Å². The van der Waals surface area contributed by atoms with Crippen molar-refractivity contribution < 1.29 is 28.0 Å². The molecule has 3 aromatic carbocycles. The van der Waals surface area contributed by atoms with E-state index in [4.69, 9.17) is 23.5 Å². The minimum atomic E-state index is -1.75. The fourth-order valence-corrected chi connectivity index (χ4v) is 5.25. The Morgan fingerprint density at radius 3 is 1.86 bits per heavy atom. The lowest BCUT2D eigenvalue weighted by Gasteiger charge is -2.37. The van der Waals surface area contributed by atoms with Gasteiger partial charge in [-0.25, -0.2) is 0 Å². The first kappa shape index (κ1) is 25.3. The lowest BCUT2D eigenvalue weighted by atomic mass is 9.80. The Morgan fingerprint density at radius 1 is 0.857 bits per heavy atom. The largest absolute Gasteiger partial charge is 0.505 e. The second kappa shape index (κ2) is 11.3. The minimum Gasteiger partial charge on any atom is -0.497 e. The Bertz CT molecular complexity index is 1050. The van der Waals surface area contributed by atoms with Crippen molar-refractivity contribution in [1.82, 2.24) is 0 Å². The third kappa shape index (κ3) is 5.57. The molecular formula is C28H32O6P+. The third-order valence-corrected chi connectivity index (χ3v) is 6.88. The SMILES string of the molecule is COc1ccc(C(OC[C@H]2O[C@@H](C)CC2O[P+](C)=O)(c2ccccc2)c2ccc(OC)cc2)cc1. The molecule has 6 nitrogen and oxygen atoms in total. The van der Waals surface area contributed by atoms with E-state index in [-0.39, 0.29) is 24.9 Å². The van der Waals surface area contributed by atoms with Gasteiger partial charge in [-0.1, -0.05) is 54.6 Å². The summed E-state index contributed by atoms with van der Waals surface area (Å²) in [5, 5.41) is 0. The lowest BCUT2D eigenvalue weighted by Crippen LogP contribution is -2.38. The molecule has 0 aliphatic carbocycles. The van der Waals surface area contributed by atoms with E-state index in [0.29, 0.717) is 6.42 Å². The minimum absolute atomic E-state index is 0.00310. The molecule has 184 valence electrons. The molecule has 0 spiro atoms. The van der Waals surface area contributed by atoms with Gasteiger partial charge in [0.25, 0.3) is 0 Å². The molecule has 4 atom stereocenters. The van der Waals surface area contributed by atoms with Crippen molar-refractivity contribution in [1.29, 1.82) is 0 Å². The molecule has 7 heteroatoms. The van der Waals surface area contributed by atoms with Crippen molar-refractivity contribution in [2.45, 2.75) is 37.3 Å². The zero-order valence-corrected chi connectivity index (χ0v) is 21.4. The van der Waals surface area contributed by atoms with Gasteiger partial charge in [0.05, 0.1) is 26.9 Å². The topological polar surface area (TPSA) is 63.2 Å². The first-order valence-electron chi connectivity index (χ1n) is 11.7. The quantitative estimate of drug-likeness (QED) is 0.256. The molecule has 1 aliphatic heterocycles. The molecule has 0 aromatic heterocycles. The first-order chi connectivity index (χ1) is 17.0. The molecule has 2 unspecified atom stereocenters. The molecule has 1 heterocycles. The summed E-state index contributed by atoms with van der Waals surface area (Å²) >= 11 is 0. The average molecular weight is 496 g/mol. The van der Waals surface area contributed by atoms with Crippen LogP contribution in [0.2, 0.25) is 0 Å². The van der Waals surface area contributed by atoms with E-state index in [0.717, 1.165) is 28.2 Å². The number of methoxy groups -OCH3 is 2. The Kier molecular flexibility index (Phi) is 8.19. The molecule has 0 radical (unpaired) electrons. The van der Waals surface area contributed by atoms with Crippen LogP contribution >= 0.6 is 8.03 Å². The van der Waals surface area contributed by atoms with E-state index >= 15 is 0 Å². The van der Waals surface area contributed by atoms with Gasteiger partial charge in [0.2, 0.25) is 0 Å². The van der Waals surface area contributed by atoms with Crippen molar-refractivity contribution in [2.75, 3.05) is 27.5 Å². The summed E-state index contributed by atoms with van der Waals surface area (Å²) in [5.74, 6) is 1.53. The van der Waals surface area contributed by atoms with Gasteiger partial charge in [0.1, 0.15) is 29.3 Å². The molecule has 35 heavy (non-hydrogen) atoms. The Morgan fingerprint density at radius 2 is 1.37 bits per heavy atom. The van der Waals surface area contributed by atoms with Gasteiger partial charge in [-0.2, -0.15) is 0 Å². The molecule has 1 saturated heterocycles. The Labute approximate surface area is 208 Å². The summed E-state index contributed by atoms with van der Waals surface area (Å²) < 4.78 is 41.4. The average Bonchev–Trinajstić information content (AvgIpc) is 3.23. The van der Waals surface area contributed by atoms with Crippen LogP contribution in [0.4, 0.5) is 0 Å². The summed E-state index contributed by atoms with van der Waals surface area (Å²) in [6.45, 7) is 3.82. The summed E-state index contributed by atoms with van der Waals surface area (Å²) in [7, 11) is 1.55. The molecule has 0 N–H and O–H groups in total. The van der Waals surface area contributed by atoms with Gasteiger partial charge >= 0.3 is 8.03 Å². The van der Waals surface area contributed by atoms with Gasteiger partial charge in [-0.15, -0.1) is 4.52 Å². The predicted octanol–water partition coefficient (Wildman–Crippen LogP) is 5.95. The fraction of sp³-hybridized carbons (Fsp3) is 0.357. The Hall–Kier alpha value is -2.76. The highest BCUT2D eigenvalue weighted by atomic mass is 31.1. The highest BCUT2D eigenvalue weighted by Crippen LogP contribution is 2.42. The van der Waals surface area contributed by atoms with Crippen LogP contribution in [0.15, 0.2) is 78.9 Å². The van der Waals surface area contributed by atoms with E-state index in [9.17, 15) is 4.57 Å². The standard InChI is InChI=1S/C28H32O6P/c1-20-18-26(34-35(4)29)27(33-20)19-32-28(21-8-6-5-7-9-21,22-10-14-24(30-2)15-11-22)23-12-16-25(31-3)17-13-23/h5-17,20,26-27H,18-19H2,1-4H3/q+1/t20-,26?,27+/m0/s1. The zero-order valence-electron chi connectivity index (χ0n) is 20.5. The fourth-order valence-electron chi connectivity index (χ4n) is 4.65. The summed E-state index contributed by atoms with van der Waals surface area (Å²) in [5.41, 5.74) is 1.92. The van der Waals surface area contributed by atoms with E-state index < -0.39 is 13.6 Å². The van der Waals surface area contributed by atoms with Crippen LogP contribution in [0.3, 0.4) is 0 Å². The maximum atomic E-state index is 11.8. The van der Waals surface area contributed by atoms with Crippen LogP contribution in [-0.2, 0) is 24.2 Å². The van der Waals surface area contributed by atoms with E-state index in [1.54, 1.807) is 20.9 Å². The highest BCUT2D eigenvalue weighted by Gasteiger charge is 2.43. The van der Waals surface area contributed by atoms with Crippen LogP contribution in [0.25, 0.3) is 0 Å². The number of ether oxygens (including phenoxy) is 4. The third-order valence-electron chi connectivity index (χ3n) is 6.31. The van der Waals surface area contributed by atoms with Crippen molar-refractivity contribution in [3.8, 4) is 11.5 Å². The molecule has 3 aromatic rings. The van der Waals surface area contributed by atoms with Crippen LogP contribution in [0, 0.1) is 0 Å². The molecular weight excluding hydrogens is 463 g/mol. The number of rotatable bonds is 10. The second-order valence-corrected chi connectivity index (χ2v) is 9.71. The zero-order chi connectivity index (χ0) is 24.8. The van der Waals surface area contributed by atoms with Gasteiger partial charge in [-0.3, -0.25) is 0 Å². The van der Waals surface area contributed by atoms with Crippen molar-refractivity contribution in [2.24, 2.45) is 0 Å². The van der Waals surface area contributed by atoms with Gasteiger partial charge in [0.15, 0.2) is 6.66 Å². The summed E-state index contributed by atoms with van der Waals surface area (Å²) in [6.07, 6.45) is 0.0331. The van der Waals surface area contributed by atoms with Crippen LogP contribution in [0.5, 0.6) is 11.5 Å². The van der Waals surface area contributed by atoms with Gasteiger partial charge < -0.3 is 18.9 Å². The molecule has 4 rings (SSSR count). The van der Waals surface area contributed by atoms with Crippen LogP contribution in [-0.4, -0.2) is 45.8 Å². The molecule has 1 aliphatic rings. The molecule has 0 bridgehead atoms. The number of hydrogen-bond acceptors (Lipinski definition) is 6. The predicted molar refractivity (Wildman–Crippen MR) is 136 cm³/mol.